The first kappa shape index (κ1) is 16.7. The lowest BCUT2D eigenvalue weighted by Gasteiger charge is -2.27. The van der Waals surface area contributed by atoms with Crippen LogP contribution in [0.3, 0.4) is 0 Å². The van der Waals surface area contributed by atoms with Crippen molar-refractivity contribution < 1.29 is 23.1 Å². The monoisotopic (exact) mass is 349 g/mol. The molecule has 2 fully saturated rings. The van der Waals surface area contributed by atoms with Gasteiger partial charge in [-0.15, -0.1) is 0 Å². The second-order valence-corrected chi connectivity index (χ2v) is 8.52. The molecule has 2 aliphatic rings. The number of nitrogens with zero attached hydrogens (tertiary/aromatic N) is 1. The van der Waals surface area contributed by atoms with Crippen molar-refractivity contribution in [1.29, 1.82) is 0 Å². The van der Waals surface area contributed by atoms with Crippen LogP contribution in [0.1, 0.15) is 35.2 Å². The molecule has 1 heterocycles. The Bertz CT molecular complexity index is 778. The van der Waals surface area contributed by atoms with Crippen molar-refractivity contribution in [3.05, 3.63) is 41.5 Å². The van der Waals surface area contributed by atoms with E-state index in [-0.39, 0.29) is 35.1 Å². The largest absolute Gasteiger partial charge is 0.478 e. The summed E-state index contributed by atoms with van der Waals surface area (Å²) in [5, 5.41) is 8.87. The maximum Gasteiger partial charge on any atom is 0.335 e. The number of carboxylic acid groups (broad SMARTS) is 1. The first-order chi connectivity index (χ1) is 11.4. The number of carbonyl (C=O) groups excluding carboxylic acids is 1. The quantitative estimate of drug-likeness (QED) is 0.815. The summed E-state index contributed by atoms with van der Waals surface area (Å²) in [6, 6.07) is 6.15. The molecular weight excluding hydrogens is 330 g/mol. The molecule has 1 aliphatic carbocycles. The molecule has 1 N–H and O–H groups in total. The first-order valence-corrected chi connectivity index (χ1v) is 9.72. The fourth-order valence-electron chi connectivity index (χ4n) is 3.00. The molecule has 1 unspecified atom stereocenters. The Morgan fingerprint density at radius 1 is 1.08 bits per heavy atom. The summed E-state index contributed by atoms with van der Waals surface area (Å²) < 4.78 is 23.3. The van der Waals surface area contributed by atoms with Crippen LogP contribution in [-0.2, 0) is 14.6 Å². The Kier molecular flexibility index (Phi) is 4.45. The molecule has 1 atom stereocenters. The predicted molar refractivity (Wildman–Crippen MR) is 89.4 cm³/mol. The number of rotatable bonds is 5. The summed E-state index contributed by atoms with van der Waals surface area (Å²) in [4.78, 5) is 25.1. The van der Waals surface area contributed by atoms with E-state index in [0.29, 0.717) is 6.42 Å². The van der Waals surface area contributed by atoms with E-state index >= 15 is 0 Å². The average Bonchev–Trinajstić information content (AvgIpc) is 3.29. The van der Waals surface area contributed by atoms with Gasteiger partial charge in [0.2, 0.25) is 5.91 Å². The number of carboxylic acids is 1. The third-order valence-electron chi connectivity index (χ3n) is 4.37. The van der Waals surface area contributed by atoms with E-state index in [4.69, 9.17) is 5.11 Å². The van der Waals surface area contributed by atoms with E-state index in [0.717, 1.165) is 18.4 Å². The van der Waals surface area contributed by atoms with Gasteiger partial charge in [0.15, 0.2) is 9.84 Å². The fourth-order valence-corrected chi connectivity index (χ4v) is 4.71. The zero-order valence-corrected chi connectivity index (χ0v) is 13.9. The minimum Gasteiger partial charge on any atom is -0.478 e. The minimum absolute atomic E-state index is 0.0520. The van der Waals surface area contributed by atoms with Crippen molar-refractivity contribution in [3.63, 3.8) is 0 Å². The molecule has 7 heteroatoms. The van der Waals surface area contributed by atoms with Crippen LogP contribution in [0.15, 0.2) is 30.3 Å². The third kappa shape index (κ3) is 3.84. The maximum absolute atomic E-state index is 12.5. The molecule has 24 heavy (non-hydrogen) atoms. The number of sulfone groups is 1. The van der Waals surface area contributed by atoms with Gasteiger partial charge in [0.1, 0.15) is 0 Å². The SMILES string of the molecule is O=C(O)c1ccc(C=CC(=O)N(C2CC2)C2CCS(=O)(=O)C2)cc1. The van der Waals surface area contributed by atoms with Gasteiger partial charge in [0, 0.05) is 18.2 Å². The second kappa shape index (κ2) is 6.39. The van der Waals surface area contributed by atoms with Crippen molar-refractivity contribution >= 4 is 27.8 Å². The molecule has 1 saturated heterocycles. The minimum atomic E-state index is -3.03. The Hall–Kier alpha value is -2.15. The molecule has 1 aliphatic heterocycles. The first-order valence-electron chi connectivity index (χ1n) is 7.90. The molecule has 0 radical (unpaired) electrons. The van der Waals surface area contributed by atoms with Crippen LogP contribution in [-0.4, -0.2) is 53.9 Å². The molecular formula is C17H19NO5S. The van der Waals surface area contributed by atoms with Crippen LogP contribution in [0.4, 0.5) is 0 Å². The summed E-state index contributed by atoms with van der Waals surface area (Å²) >= 11 is 0. The van der Waals surface area contributed by atoms with Crippen LogP contribution in [0, 0.1) is 0 Å². The van der Waals surface area contributed by atoms with Gasteiger partial charge in [-0.1, -0.05) is 12.1 Å². The van der Waals surface area contributed by atoms with Gasteiger partial charge < -0.3 is 10.0 Å². The number of benzene rings is 1. The normalized spacial score (nSPS) is 22.6. The number of hydrogen-bond donors (Lipinski definition) is 1. The topological polar surface area (TPSA) is 91.8 Å². The van der Waals surface area contributed by atoms with Crippen molar-refractivity contribution in [1.82, 2.24) is 4.90 Å². The van der Waals surface area contributed by atoms with Crippen LogP contribution >= 0.6 is 0 Å². The predicted octanol–water partition coefficient (Wildman–Crippen LogP) is 1.58. The summed E-state index contributed by atoms with van der Waals surface area (Å²) in [6.07, 6.45) is 5.42. The lowest BCUT2D eigenvalue weighted by Crippen LogP contribution is -2.41. The summed E-state index contributed by atoms with van der Waals surface area (Å²) in [5.74, 6) is -0.976. The van der Waals surface area contributed by atoms with Gasteiger partial charge in [-0.2, -0.15) is 0 Å². The van der Waals surface area contributed by atoms with Gasteiger partial charge in [0.25, 0.3) is 0 Å². The van der Waals surface area contributed by atoms with Gasteiger partial charge in [-0.3, -0.25) is 4.79 Å². The molecule has 0 aromatic heterocycles. The summed E-state index contributed by atoms with van der Waals surface area (Å²) in [5.41, 5.74) is 0.914. The molecule has 1 aromatic rings. The highest BCUT2D eigenvalue weighted by atomic mass is 32.2. The Morgan fingerprint density at radius 2 is 1.75 bits per heavy atom. The van der Waals surface area contributed by atoms with Crippen molar-refractivity contribution in [2.75, 3.05) is 11.5 Å². The highest BCUT2D eigenvalue weighted by molar-refractivity contribution is 7.91. The Labute approximate surface area is 140 Å². The molecule has 1 aromatic carbocycles. The number of hydrogen-bond acceptors (Lipinski definition) is 4. The second-order valence-electron chi connectivity index (χ2n) is 6.29. The standard InChI is InChI=1S/C17H19NO5S/c19-16(8-3-12-1-4-13(5-2-12)17(20)21)18(14-6-7-14)15-9-10-24(22,23)11-15/h1-5,8,14-15H,6-7,9-11H2,(H,20,21). The summed E-state index contributed by atoms with van der Waals surface area (Å²) in [7, 11) is -3.03. The van der Waals surface area contributed by atoms with Gasteiger partial charge in [0.05, 0.1) is 17.1 Å². The van der Waals surface area contributed by atoms with Crippen molar-refractivity contribution in [3.8, 4) is 0 Å². The maximum atomic E-state index is 12.5. The molecule has 0 bridgehead atoms. The molecule has 1 amide bonds. The van der Waals surface area contributed by atoms with E-state index in [2.05, 4.69) is 0 Å². The molecule has 6 nitrogen and oxygen atoms in total. The van der Waals surface area contributed by atoms with Crippen molar-refractivity contribution in [2.24, 2.45) is 0 Å². The molecule has 128 valence electrons. The lowest BCUT2D eigenvalue weighted by molar-refractivity contribution is -0.128. The smallest absolute Gasteiger partial charge is 0.335 e. The Morgan fingerprint density at radius 3 is 2.25 bits per heavy atom. The van der Waals surface area contributed by atoms with Gasteiger partial charge >= 0.3 is 5.97 Å². The van der Waals surface area contributed by atoms with Crippen molar-refractivity contribution in [2.45, 2.75) is 31.3 Å². The molecule has 3 rings (SSSR count). The van der Waals surface area contributed by atoms with Crippen LogP contribution < -0.4 is 0 Å². The lowest BCUT2D eigenvalue weighted by atomic mass is 10.1. The molecule has 0 spiro atoms. The average molecular weight is 349 g/mol. The van der Waals surface area contributed by atoms with Crippen LogP contribution in [0.25, 0.3) is 6.08 Å². The summed E-state index contributed by atoms with van der Waals surface area (Å²) in [6.45, 7) is 0. The van der Waals surface area contributed by atoms with Crippen LogP contribution in [0.2, 0.25) is 0 Å². The highest BCUT2D eigenvalue weighted by Gasteiger charge is 2.41. The van der Waals surface area contributed by atoms with E-state index in [1.807, 2.05) is 0 Å². The van der Waals surface area contributed by atoms with E-state index in [1.54, 1.807) is 23.1 Å². The third-order valence-corrected chi connectivity index (χ3v) is 6.12. The number of amides is 1. The van der Waals surface area contributed by atoms with Gasteiger partial charge in [-0.25, -0.2) is 13.2 Å². The fraction of sp³-hybridized carbons (Fsp3) is 0.412. The number of carbonyl (C=O) groups is 2. The van der Waals surface area contributed by atoms with Crippen LogP contribution in [0.5, 0.6) is 0 Å². The number of aromatic carboxylic acids is 1. The van der Waals surface area contributed by atoms with Gasteiger partial charge in [-0.05, 0) is 43.0 Å². The highest BCUT2D eigenvalue weighted by Crippen LogP contribution is 2.32. The Balaban J connectivity index is 1.70. The van der Waals surface area contributed by atoms with E-state index in [9.17, 15) is 18.0 Å². The zero-order valence-electron chi connectivity index (χ0n) is 13.1. The van der Waals surface area contributed by atoms with E-state index in [1.165, 1.54) is 18.2 Å². The molecule has 1 saturated carbocycles. The van der Waals surface area contributed by atoms with E-state index < -0.39 is 15.8 Å². The zero-order chi connectivity index (χ0) is 17.3.